The van der Waals surface area contributed by atoms with E-state index in [0.717, 1.165) is 0 Å². The first-order valence-corrected chi connectivity index (χ1v) is 7.29. The van der Waals surface area contributed by atoms with Crippen molar-refractivity contribution in [3.63, 3.8) is 0 Å². The Balaban J connectivity index is 1.80. The Labute approximate surface area is 135 Å². The maximum atomic E-state index is 13.6. The highest BCUT2D eigenvalue weighted by molar-refractivity contribution is 9.10. The molecule has 1 aromatic heterocycles. The summed E-state index contributed by atoms with van der Waals surface area (Å²) in [6, 6.07) is 9.54. The van der Waals surface area contributed by atoms with Crippen LogP contribution in [0.4, 0.5) is 4.39 Å². The van der Waals surface area contributed by atoms with Gasteiger partial charge in [0.25, 0.3) is 5.91 Å². The number of hydrazine groups is 1. The topological polar surface area (TPSA) is 71.1 Å². The van der Waals surface area contributed by atoms with Gasteiger partial charge in [-0.1, -0.05) is 28.1 Å². The molecule has 2 amide bonds. The lowest BCUT2D eigenvalue weighted by Gasteiger charge is -2.07. The average molecular weight is 366 g/mol. The lowest BCUT2D eigenvalue weighted by Crippen LogP contribution is -2.42. The summed E-state index contributed by atoms with van der Waals surface area (Å²) in [5.74, 6) is -1.30. The maximum Gasteiger partial charge on any atom is 0.288 e. The van der Waals surface area contributed by atoms with Gasteiger partial charge in [-0.25, -0.2) is 4.39 Å². The Kier molecular flexibility index (Phi) is 5.60. The molecule has 0 aliphatic rings. The van der Waals surface area contributed by atoms with Crippen LogP contribution in [-0.4, -0.2) is 16.8 Å². The molecule has 0 saturated carbocycles. The molecule has 0 atom stereocenters. The van der Waals surface area contributed by atoms with Crippen LogP contribution in [0.25, 0.3) is 0 Å². The average Bonchev–Trinajstić information content (AvgIpc) is 2.52. The number of carbonyl (C=O) groups excluding carboxylic acids is 2. The van der Waals surface area contributed by atoms with E-state index in [9.17, 15) is 14.0 Å². The van der Waals surface area contributed by atoms with E-state index in [4.69, 9.17) is 0 Å². The molecule has 0 unspecified atom stereocenters. The molecular formula is C15H13BrFN3O2. The molecule has 0 saturated heterocycles. The molecule has 2 N–H and O–H groups in total. The van der Waals surface area contributed by atoms with Gasteiger partial charge >= 0.3 is 0 Å². The van der Waals surface area contributed by atoms with Gasteiger partial charge in [0.1, 0.15) is 11.5 Å². The van der Waals surface area contributed by atoms with Crippen molar-refractivity contribution in [1.29, 1.82) is 0 Å². The molecule has 0 aliphatic carbocycles. The molecule has 1 heterocycles. The van der Waals surface area contributed by atoms with Crippen LogP contribution in [0.1, 0.15) is 22.5 Å². The van der Waals surface area contributed by atoms with E-state index in [-0.39, 0.29) is 24.4 Å². The first kappa shape index (κ1) is 16.1. The molecule has 0 radical (unpaired) electrons. The van der Waals surface area contributed by atoms with Crippen LogP contribution in [0.15, 0.2) is 47.1 Å². The van der Waals surface area contributed by atoms with Gasteiger partial charge in [-0.05, 0) is 36.2 Å². The van der Waals surface area contributed by atoms with Gasteiger partial charge in [0.2, 0.25) is 5.91 Å². The molecule has 1 aromatic carbocycles. The highest BCUT2D eigenvalue weighted by Crippen LogP contribution is 2.16. The van der Waals surface area contributed by atoms with Crippen molar-refractivity contribution in [2.75, 3.05) is 0 Å². The van der Waals surface area contributed by atoms with E-state index >= 15 is 0 Å². The minimum atomic E-state index is -0.510. The van der Waals surface area contributed by atoms with Crippen molar-refractivity contribution < 1.29 is 14.0 Å². The monoisotopic (exact) mass is 365 g/mol. The number of rotatable bonds is 4. The third-order valence-corrected chi connectivity index (χ3v) is 3.34. The van der Waals surface area contributed by atoms with Crippen LogP contribution in [0, 0.1) is 5.82 Å². The van der Waals surface area contributed by atoms with Gasteiger partial charge in [-0.3, -0.25) is 25.4 Å². The van der Waals surface area contributed by atoms with Crippen LogP contribution in [0.3, 0.4) is 0 Å². The Morgan fingerprint density at radius 2 is 2.00 bits per heavy atom. The first-order chi connectivity index (χ1) is 10.6. The predicted octanol–water partition coefficient (Wildman–Crippen LogP) is 2.38. The SMILES string of the molecule is O=C(CCc1ccc(Br)cc1F)NNC(=O)c1ccccn1. The van der Waals surface area contributed by atoms with Crippen molar-refractivity contribution in [3.05, 3.63) is 64.1 Å². The van der Waals surface area contributed by atoms with E-state index in [1.165, 1.54) is 18.3 Å². The highest BCUT2D eigenvalue weighted by Gasteiger charge is 2.09. The summed E-state index contributed by atoms with van der Waals surface area (Å²) in [4.78, 5) is 27.2. The number of carbonyl (C=O) groups is 2. The number of halogens is 2. The lowest BCUT2D eigenvalue weighted by molar-refractivity contribution is -0.121. The minimum absolute atomic E-state index is 0.0566. The highest BCUT2D eigenvalue weighted by atomic mass is 79.9. The molecule has 0 fully saturated rings. The number of hydrogen-bond acceptors (Lipinski definition) is 3. The molecule has 2 rings (SSSR count). The third-order valence-electron chi connectivity index (χ3n) is 2.85. The second-order valence-corrected chi connectivity index (χ2v) is 5.37. The fourth-order valence-electron chi connectivity index (χ4n) is 1.72. The molecule has 2 aromatic rings. The molecular weight excluding hydrogens is 353 g/mol. The zero-order valence-electron chi connectivity index (χ0n) is 11.5. The number of aromatic nitrogens is 1. The van der Waals surface area contributed by atoms with Crippen molar-refractivity contribution in [1.82, 2.24) is 15.8 Å². The number of nitrogens with one attached hydrogen (secondary N) is 2. The van der Waals surface area contributed by atoms with Gasteiger partial charge in [0, 0.05) is 17.1 Å². The first-order valence-electron chi connectivity index (χ1n) is 6.50. The number of hydrogen-bond donors (Lipinski definition) is 2. The molecule has 0 spiro atoms. The van der Waals surface area contributed by atoms with E-state index in [1.807, 2.05) is 0 Å². The Bertz CT molecular complexity index is 680. The summed E-state index contributed by atoms with van der Waals surface area (Å²) in [6.07, 6.45) is 1.78. The van der Waals surface area contributed by atoms with E-state index < -0.39 is 11.8 Å². The zero-order valence-corrected chi connectivity index (χ0v) is 13.1. The molecule has 5 nitrogen and oxygen atoms in total. The predicted molar refractivity (Wildman–Crippen MR) is 82.3 cm³/mol. The van der Waals surface area contributed by atoms with Crippen LogP contribution < -0.4 is 10.9 Å². The van der Waals surface area contributed by atoms with E-state index in [0.29, 0.717) is 10.0 Å². The van der Waals surface area contributed by atoms with Crippen LogP contribution in [-0.2, 0) is 11.2 Å². The number of benzene rings is 1. The van der Waals surface area contributed by atoms with Crippen molar-refractivity contribution in [3.8, 4) is 0 Å². The summed E-state index contributed by atoms with van der Waals surface area (Å²) in [5.41, 5.74) is 5.16. The van der Waals surface area contributed by atoms with E-state index in [1.54, 1.807) is 24.3 Å². The van der Waals surface area contributed by atoms with Gasteiger partial charge in [0.05, 0.1) is 0 Å². The number of pyridine rings is 1. The molecule has 0 aliphatic heterocycles. The molecule has 114 valence electrons. The zero-order chi connectivity index (χ0) is 15.9. The van der Waals surface area contributed by atoms with E-state index in [2.05, 4.69) is 31.8 Å². The van der Waals surface area contributed by atoms with Gasteiger partial charge in [-0.2, -0.15) is 0 Å². The summed E-state index contributed by atoms with van der Waals surface area (Å²) in [5, 5.41) is 0. The smallest absolute Gasteiger partial charge is 0.273 e. The number of aryl methyl sites for hydroxylation is 1. The Morgan fingerprint density at radius 3 is 2.68 bits per heavy atom. The van der Waals surface area contributed by atoms with Crippen LogP contribution in [0.5, 0.6) is 0 Å². The molecule has 0 bridgehead atoms. The second-order valence-electron chi connectivity index (χ2n) is 4.45. The fraction of sp³-hybridized carbons (Fsp3) is 0.133. The standard InChI is InChI=1S/C15H13BrFN3O2/c16-11-6-4-10(12(17)9-11)5-7-14(21)19-20-15(22)13-3-1-2-8-18-13/h1-4,6,8-9H,5,7H2,(H,19,21)(H,20,22). The maximum absolute atomic E-state index is 13.6. The van der Waals surface area contributed by atoms with Crippen molar-refractivity contribution >= 4 is 27.7 Å². The molecule has 7 heteroatoms. The van der Waals surface area contributed by atoms with Gasteiger partial charge in [0.15, 0.2) is 0 Å². The van der Waals surface area contributed by atoms with Gasteiger partial charge in [-0.15, -0.1) is 0 Å². The van der Waals surface area contributed by atoms with Crippen LogP contribution >= 0.6 is 15.9 Å². The summed E-state index contributed by atoms with van der Waals surface area (Å²) >= 11 is 3.17. The normalized spacial score (nSPS) is 10.1. The van der Waals surface area contributed by atoms with Gasteiger partial charge < -0.3 is 0 Å². The fourth-order valence-corrected chi connectivity index (χ4v) is 2.06. The molecule has 22 heavy (non-hydrogen) atoms. The Morgan fingerprint density at radius 1 is 1.18 bits per heavy atom. The van der Waals surface area contributed by atoms with Crippen LogP contribution in [0.2, 0.25) is 0 Å². The largest absolute Gasteiger partial charge is 0.288 e. The summed E-state index contributed by atoms with van der Waals surface area (Å²) in [6.45, 7) is 0. The Hall–Kier alpha value is -2.28. The van der Waals surface area contributed by atoms with Crippen molar-refractivity contribution in [2.45, 2.75) is 12.8 Å². The summed E-state index contributed by atoms with van der Waals surface area (Å²) < 4.78 is 14.2. The number of amides is 2. The van der Waals surface area contributed by atoms with Crippen molar-refractivity contribution in [2.24, 2.45) is 0 Å². The summed E-state index contributed by atoms with van der Waals surface area (Å²) in [7, 11) is 0. The minimum Gasteiger partial charge on any atom is -0.273 e. The number of nitrogens with zero attached hydrogens (tertiary/aromatic N) is 1. The quantitative estimate of drug-likeness (QED) is 0.817. The second kappa shape index (κ2) is 7.65. The lowest BCUT2D eigenvalue weighted by atomic mass is 10.1. The third kappa shape index (κ3) is 4.63.